The molecule has 0 saturated heterocycles. The second-order valence-electron chi connectivity index (χ2n) is 7.00. The summed E-state index contributed by atoms with van der Waals surface area (Å²) in [5.41, 5.74) is 4.08. The highest BCUT2D eigenvalue weighted by Crippen LogP contribution is 2.34. The predicted octanol–water partition coefficient (Wildman–Crippen LogP) is 3.54. The average molecular weight is 394 g/mol. The Bertz CT molecular complexity index is 965. The number of ether oxygens (including phenoxy) is 2. The van der Waals surface area contributed by atoms with Gasteiger partial charge in [0.2, 0.25) is 0 Å². The lowest BCUT2D eigenvalue weighted by atomic mass is 9.97. The number of hydrogen-bond donors (Lipinski definition) is 1. The van der Waals surface area contributed by atoms with E-state index >= 15 is 0 Å². The Morgan fingerprint density at radius 1 is 1.00 bits per heavy atom. The highest BCUT2D eigenvalue weighted by molar-refractivity contribution is 6.36. The van der Waals surface area contributed by atoms with Crippen molar-refractivity contribution < 1.29 is 19.1 Å². The lowest BCUT2D eigenvalue weighted by Crippen LogP contribution is -2.34. The number of carbonyl (C=O) groups is 2. The fraction of sp³-hybridized carbons (Fsp3) is 0.304. The zero-order chi connectivity index (χ0) is 21.0. The van der Waals surface area contributed by atoms with Crippen molar-refractivity contribution in [1.29, 1.82) is 0 Å². The molecule has 2 amide bonds. The maximum Gasteiger partial charge on any atom is 0.278 e. The molecule has 1 N–H and O–H groups in total. The van der Waals surface area contributed by atoms with E-state index in [1.807, 2.05) is 50.2 Å². The molecule has 1 aliphatic heterocycles. The smallest absolute Gasteiger partial charge is 0.278 e. The number of amides is 2. The first-order valence-electron chi connectivity index (χ1n) is 9.55. The summed E-state index contributed by atoms with van der Waals surface area (Å²) in [7, 11) is 3.17. The number of nitrogens with one attached hydrogen (secondary N) is 1. The van der Waals surface area contributed by atoms with Crippen LogP contribution in [0.15, 0.2) is 48.2 Å². The van der Waals surface area contributed by atoms with Crippen molar-refractivity contribution in [3.05, 3.63) is 64.9 Å². The second kappa shape index (κ2) is 8.92. The van der Waals surface area contributed by atoms with Crippen molar-refractivity contribution in [2.24, 2.45) is 0 Å². The van der Waals surface area contributed by atoms with Crippen molar-refractivity contribution in [2.45, 2.75) is 20.3 Å². The van der Waals surface area contributed by atoms with Crippen LogP contribution >= 0.6 is 0 Å². The van der Waals surface area contributed by atoms with Crippen LogP contribution in [-0.2, 0) is 14.3 Å². The summed E-state index contributed by atoms with van der Waals surface area (Å²) in [6.07, 6.45) is 0.579. The maximum absolute atomic E-state index is 13.2. The van der Waals surface area contributed by atoms with Gasteiger partial charge in [0.1, 0.15) is 11.4 Å². The lowest BCUT2D eigenvalue weighted by Gasteiger charge is -2.15. The van der Waals surface area contributed by atoms with Gasteiger partial charge in [0.05, 0.1) is 18.4 Å². The number of methoxy groups -OCH3 is 2. The third-order valence-corrected chi connectivity index (χ3v) is 4.92. The van der Waals surface area contributed by atoms with Crippen LogP contribution in [0.25, 0.3) is 5.57 Å². The zero-order valence-corrected chi connectivity index (χ0v) is 17.2. The van der Waals surface area contributed by atoms with Crippen LogP contribution in [0.5, 0.6) is 5.75 Å². The monoisotopic (exact) mass is 394 g/mol. The summed E-state index contributed by atoms with van der Waals surface area (Å²) in [5, 5.41) is 3.16. The number of para-hydroxylation sites is 2. The fourth-order valence-electron chi connectivity index (χ4n) is 3.49. The van der Waals surface area contributed by atoms with Crippen LogP contribution < -0.4 is 10.1 Å². The minimum atomic E-state index is -0.341. The molecule has 0 spiro atoms. The number of hydrogen-bond acceptors (Lipinski definition) is 5. The molecule has 0 aliphatic carbocycles. The van der Waals surface area contributed by atoms with E-state index in [9.17, 15) is 9.59 Å². The Kier molecular flexibility index (Phi) is 6.34. The van der Waals surface area contributed by atoms with Gasteiger partial charge in [0.15, 0.2) is 0 Å². The molecule has 152 valence electrons. The van der Waals surface area contributed by atoms with Crippen LogP contribution in [0, 0.1) is 13.8 Å². The molecule has 2 aromatic rings. The van der Waals surface area contributed by atoms with E-state index in [1.54, 1.807) is 20.3 Å². The summed E-state index contributed by atoms with van der Waals surface area (Å²) in [5.74, 6) is -0.0412. The first-order chi connectivity index (χ1) is 14.0. The van der Waals surface area contributed by atoms with Gasteiger partial charge in [0.25, 0.3) is 11.8 Å². The van der Waals surface area contributed by atoms with Crippen molar-refractivity contribution in [1.82, 2.24) is 4.90 Å². The van der Waals surface area contributed by atoms with Crippen LogP contribution in [0.1, 0.15) is 23.1 Å². The quantitative estimate of drug-likeness (QED) is 0.548. The highest BCUT2D eigenvalue weighted by atomic mass is 16.5. The molecule has 0 fully saturated rings. The van der Waals surface area contributed by atoms with Crippen molar-refractivity contribution in [3.8, 4) is 5.75 Å². The van der Waals surface area contributed by atoms with Gasteiger partial charge in [-0.3, -0.25) is 14.5 Å². The Morgan fingerprint density at radius 2 is 1.76 bits per heavy atom. The van der Waals surface area contributed by atoms with E-state index in [4.69, 9.17) is 9.47 Å². The summed E-state index contributed by atoms with van der Waals surface area (Å²) in [6, 6.07) is 13.2. The van der Waals surface area contributed by atoms with Crippen LogP contribution in [-0.4, -0.2) is 44.1 Å². The highest BCUT2D eigenvalue weighted by Gasteiger charge is 2.39. The molecule has 2 aromatic carbocycles. The summed E-state index contributed by atoms with van der Waals surface area (Å²) in [6.45, 7) is 4.72. The Morgan fingerprint density at radius 3 is 2.45 bits per heavy atom. The number of benzene rings is 2. The SMILES string of the molecule is COCCCN1C(=O)C(Nc2ccccc2OC)=C(c2ccc(C)cc2C)C1=O. The van der Waals surface area contributed by atoms with E-state index in [-0.39, 0.29) is 17.5 Å². The Labute approximate surface area is 171 Å². The topological polar surface area (TPSA) is 67.9 Å². The van der Waals surface area contributed by atoms with Gasteiger partial charge in [-0.25, -0.2) is 0 Å². The van der Waals surface area contributed by atoms with E-state index < -0.39 is 0 Å². The van der Waals surface area contributed by atoms with Crippen LogP contribution in [0.3, 0.4) is 0 Å². The van der Waals surface area contributed by atoms with Crippen LogP contribution in [0.4, 0.5) is 5.69 Å². The van der Waals surface area contributed by atoms with Gasteiger partial charge in [0, 0.05) is 20.3 Å². The van der Waals surface area contributed by atoms with Gasteiger partial charge in [-0.2, -0.15) is 0 Å². The zero-order valence-electron chi connectivity index (χ0n) is 17.2. The van der Waals surface area contributed by atoms with E-state index in [0.717, 1.165) is 16.7 Å². The number of carbonyl (C=O) groups excluding carboxylic acids is 2. The predicted molar refractivity (Wildman–Crippen MR) is 113 cm³/mol. The molecule has 3 rings (SSSR count). The van der Waals surface area contributed by atoms with Gasteiger partial charge < -0.3 is 14.8 Å². The number of imide groups is 1. The first kappa shape index (κ1) is 20.6. The Balaban J connectivity index is 2.07. The molecule has 0 atom stereocenters. The van der Waals surface area contributed by atoms with Gasteiger partial charge in [-0.1, -0.05) is 35.9 Å². The van der Waals surface area contributed by atoms with E-state index in [0.29, 0.717) is 36.6 Å². The number of rotatable bonds is 8. The molecule has 0 saturated carbocycles. The number of anilines is 1. The molecule has 0 bridgehead atoms. The van der Waals surface area contributed by atoms with Crippen molar-refractivity contribution >= 4 is 23.1 Å². The molecule has 0 aromatic heterocycles. The van der Waals surface area contributed by atoms with Crippen molar-refractivity contribution in [3.63, 3.8) is 0 Å². The molecule has 1 heterocycles. The summed E-state index contributed by atoms with van der Waals surface area (Å²) in [4.78, 5) is 27.7. The minimum Gasteiger partial charge on any atom is -0.495 e. The lowest BCUT2D eigenvalue weighted by molar-refractivity contribution is -0.136. The van der Waals surface area contributed by atoms with Crippen molar-refractivity contribution in [2.75, 3.05) is 32.7 Å². The molecule has 6 nitrogen and oxygen atoms in total. The van der Waals surface area contributed by atoms with E-state index in [2.05, 4.69) is 5.32 Å². The van der Waals surface area contributed by atoms with Gasteiger partial charge in [-0.05, 0) is 43.5 Å². The summed E-state index contributed by atoms with van der Waals surface area (Å²) >= 11 is 0. The third kappa shape index (κ3) is 4.17. The number of aryl methyl sites for hydroxylation is 2. The minimum absolute atomic E-state index is 0.267. The molecule has 6 heteroatoms. The third-order valence-electron chi connectivity index (χ3n) is 4.92. The maximum atomic E-state index is 13.2. The fourth-order valence-corrected chi connectivity index (χ4v) is 3.49. The molecule has 0 radical (unpaired) electrons. The number of nitrogens with zero attached hydrogens (tertiary/aromatic N) is 1. The second-order valence-corrected chi connectivity index (χ2v) is 7.00. The molecule has 1 aliphatic rings. The normalized spacial score (nSPS) is 14.0. The molecular formula is C23H26N2O4. The standard InChI is InChI=1S/C23H26N2O4/c1-15-10-11-17(16(2)14-15)20-21(24-18-8-5-6-9-19(18)29-4)23(27)25(22(20)26)12-7-13-28-3/h5-6,8-11,14,24H,7,12-13H2,1-4H3. The Hall–Kier alpha value is -3.12. The largest absolute Gasteiger partial charge is 0.495 e. The molecule has 29 heavy (non-hydrogen) atoms. The molecular weight excluding hydrogens is 368 g/mol. The van der Waals surface area contributed by atoms with Gasteiger partial charge in [-0.15, -0.1) is 0 Å². The first-order valence-corrected chi connectivity index (χ1v) is 9.55. The van der Waals surface area contributed by atoms with E-state index in [1.165, 1.54) is 4.90 Å². The van der Waals surface area contributed by atoms with Gasteiger partial charge >= 0.3 is 0 Å². The van der Waals surface area contributed by atoms with Crippen LogP contribution in [0.2, 0.25) is 0 Å². The molecule has 0 unspecified atom stereocenters. The summed E-state index contributed by atoms with van der Waals surface area (Å²) < 4.78 is 10.5. The average Bonchev–Trinajstić information content (AvgIpc) is 2.93.